The van der Waals surface area contributed by atoms with Crippen LogP contribution in [0.4, 0.5) is 0 Å². The van der Waals surface area contributed by atoms with Crippen molar-refractivity contribution in [2.45, 2.75) is 32.8 Å². The average molecular weight is 180 g/mol. The number of esters is 1. The first-order valence-corrected chi connectivity index (χ1v) is 5.38. The number of hydrogen-bond donors (Lipinski definition) is 0. The van der Waals surface area contributed by atoms with Crippen molar-refractivity contribution in [3.8, 4) is 0 Å². The zero-order valence-corrected chi connectivity index (χ0v) is 8.19. The largest absolute Gasteiger partial charge is 0.462 e. The molecule has 1 saturated heterocycles. The molecule has 6 unspecified atom stereocenters. The molecule has 13 heavy (non-hydrogen) atoms. The highest BCUT2D eigenvalue weighted by molar-refractivity contribution is 5.72. The van der Waals surface area contributed by atoms with Gasteiger partial charge in [0, 0.05) is 5.92 Å². The summed E-state index contributed by atoms with van der Waals surface area (Å²) in [6, 6.07) is 0. The maximum absolute atomic E-state index is 11.2. The molecule has 0 spiro atoms. The molecule has 0 aromatic heterocycles. The number of carbonyl (C=O) groups is 1. The predicted octanol–water partition coefficient (Wildman–Crippen LogP) is 1.84. The summed E-state index contributed by atoms with van der Waals surface area (Å²) in [5.41, 5.74) is 0. The number of rotatable bonds is 0. The molecular formula is C11H16O2. The van der Waals surface area contributed by atoms with Gasteiger partial charge in [-0.1, -0.05) is 13.8 Å². The zero-order valence-electron chi connectivity index (χ0n) is 8.19. The lowest BCUT2D eigenvalue weighted by Gasteiger charge is -2.32. The van der Waals surface area contributed by atoms with Crippen molar-refractivity contribution < 1.29 is 9.53 Å². The zero-order chi connectivity index (χ0) is 9.16. The summed E-state index contributed by atoms with van der Waals surface area (Å²) >= 11 is 0. The fourth-order valence-corrected chi connectivity index (χ4v) is 3.92. The highest BCUT2D eigenvalue weighted by Gasteiger charge is 2.59. The number of ether oxygens (including phenoxy) is 1. The molecule has 72 valence electrons. The van der Waals surface area contributed by atoms with E-state index in [-0.39, 0.29) is 5.97 Å². The van der Waals surface area contributed by atoms with Crippen molar-refractivity contribution in [2.75, 3.05) is 0 Å². The Morgan fingerprint density at radius 2 is 1.85 bits per heavy atom. The second kappa shape index (κ2) is 2.28. The van der Waals surface area contributed by atoms with Crippen LogP contribution in [0.5, 0.6) is 0 Å². The van der Waals surface area contributed by atoms with E-state index in [1.165, 1.54) is 6.42 Å². The van der Waals surface area contributed by atoms with Gasteiger partial charge in [0.05, 0.1) is 6.42 Å². The van der Waals surface area contributed by atoms with Crippen molar-refractivity contribution in [1.82, 2.24) is 0 Å². The molecule has 1 aliphatic heterocycles. The smallest absolute Gasteiger partial charge is 0.306 e. The lowest BCUT2D eigenvalue weighted by molar-refractivity contribution is -0.143. The summed E-state index contributed by atoms with van der Waals surface area (Å²) in [5.74, 6) is 3.64. The van der Waals surface area contributed by atoms with Crippen molar-refractivity contribution in [2.24, 2.45) is 29.6 Å². The number of hydrogen-bond acceptors (Lipinski definition) is 2. The van der Waals surface area contributed by atoms with Gasteiger partial charge in [0.1, 0.15) is 6.10 Å². The van der Waals surface area contributed by atoms with Gasteiger partial charge < -0.3 is 4.74 Å². The van der Waals surface area contributed by atoms with Crippen LogP contribution in [0.3, 0.4) is 0 Å². The van der Waals surface area contributed by atoms with Gasteiger partial charge in [0.25, 0.3) is 0 Å². The Labute approximate surface area is 78.6 Å². The first-order chi connectivity index (χ1) is 6.18. The van der Waals surface area contributed by atoms with Crippen LogP contribution in [0.15, 0.2) is 0 Å². The molecule has 0 N–H and O–H groups in total. The molecule has 1 heterocycles. The first kappa shape index (κ1) is 7.84. The molecular weight excluding hydrogens is 164 g/mol. The van der Waals surface area contributed by atoms with Crippen LogP contribution in [-0.4, -0.2) is 12.1 Å². The average Bonchev–Trinajstić information content (AvgIpc) is 2.64. The van der Waals surface area contributed by atoms with E-state index in [4.69, 9.17) is 4.74 Å². The summed E-state index contributed by atoms with van der Waals surface area (Å²) in [6.07, 6.45) is 2.30. The van der Waals surface area contributed by atoms with Crippen LogP contribution in [0.25, 0.3) is 0 Å². The molecule has 3 fully saturated rings. The van der Waals surface area contributed by atoms with Crippen LogP contribution in [0, 0.1) is 29.6 Å². The normalized spacial score (nSPS) is 58.2. The molecule has 6 atom stereocenters. The van der Waals surface area contributed by atoms with Crippen LogP contribution >= 0.6 is 0 Å². The van der Waals surface area contributed by atoms with E-state index in [1.807, 2.05) is 0 Å². The standard InChI is InChI=1S/C11H16O2/c1-5-6(2)8-3-7(5)9-4-10(12)13-11(8)9/h5-9,11H,3-4H2,1-2H3. The van der Waals surface area contributed by atoms with Gasteiger partial charge >= 0.3 is 5.97 Å². The molecule has 0 radical (unpaired) electrons. The monoisotopic (exact) mass is 180 g/mol. The summed E-state index contributed by atoms with van der Waals surface area (Å²) in [6.45, 7) is 4.66. The molecule has 3 aliphatic rings. The Hall–Kier alpha value is -0.530. The maximum Gasteiger partial charge on any atom is 0.306 e. The number of carbonyl (C=O) groups excluding carboxylic acids is 1. The van der Waals surface area contributed by atoms with Gasteiger partial charge in [-0.05, 0) is 30.1 Å². The fraction of sp³-hybridized carbons (Fsp3) is 0.909. The Morgan fingerprint density at radius 3 is 2.62 bits per heavy atom. The third-order valence-corrected chi connectivity index (χ3v) is 4.79. The Morgan fingerprint density at radius 1 is 1.15 bits per heavy atom. The van der Waals surface area contributed by atoms with Crippen molar-refractivity contribution in [3.63, 3.8) is 0 Å². The minimum Gasteiger partial charge on any atom is -0.462 e. The third-order valence-electron chi connectivity index (χ3n) is 4.79. The Balaban J connectivity index is 1.92. The van der Waals surface area contributed by atoms with Gasteiger partial charge in [-0.2, -0.15) is 0 Å². The van der Waals surface area contributed by atoms with E-state index < -0.39 is 0 Å². The first-order valence-electron chi connectivity index (χ1n) is 5.38. The van der Waals surface area contributed by atoms with Gasteiger partial charge in [-0.3, -0.25) is 4.79 Å². The Kier molecular flexibility index (Phi) is 1.38. The van der Waals surface area contributed by atoms with Gasteiger partial charge in [-0.25, -0.2) is 0 Å². The second-order valence-electron chi connectivity index (χ2n) is 5.10. The molecule has 2 nitrogen and oxygen atoms in total. The second-order valence-corrected chi connectivity index (χ2v) is 5.10. The highest BCUT2D eigenvalue weighted by atomic mass is 16.6. The fourth-order valence-electron chi connectivity index (χ4n) is 3.92. The van der Waals surface area contributed by atoms with E-state index in [2.05, 4.69) is 13.8 Å². The quantitative estimate of drug-likeness (QED) is 0.532. The SMILES string of the molecule is CC1C(C)C2CC1C1CC(=O)OC21. The van der Waals surface area contributed by atoms with Crippen LogP contribution in [0.2, 0.25) is 0 Å². The van der Waals surface area contributed by atoms with E-state index in [1.54, 1.807) is 0 Å². The predicted molar refractivity (Wildman–Crippen MR) is 47.9 cm³/mol. The van der Waals surface area contributed by atoms with Crippen LogP contribution < -0.4 is 0 Å². The van der Waals surface area contributed by atoms with E-state index in [9.17, 15) is 4.79 Å². The summed E-state index contributed by atoms with van der Waals surface area (Å²) in [7, 11) is 0. The summed E-state index contributed by atoms with van der Waals surface area (Å²) < 4.78 is 5.40. The minimum atomic E-state index is 0.0472. The third kappa shape index (κ3) is 0.818. The van der Waals surface area contributed by atoms with Gasteiger partial charge in [-0.15, -0.1) is 0 Å². The molecule has 3 rings (SSSR count). The molecule has 0 amide bonds. The van der Waals surface area contributed by atoms with E-state index in [0.717, 1.165) is 17.8 Å². The van der Waals surface area contributed by atoms with Crippen molar-refractivity contribution in [1.29, 1.82) is 0 Å². The maximum atomic E-state index is 11.2. The molecule has 0 aromatic carbocycles. The summed E-state index contributed by atoms with van der Waals surface area (Å²) in [5, 5.41) is 0. The summed E-state index contributed by atoms with van der Waals surface area (Å²) in [4.78, 5) is 11.2. The molecule has 2 heteroatoms. The topological polar surface area (TPSA) is 26.3 Å². The molecule has 0 aromatic rings. The van der Waals surface area contributed by atoms with Gasteiger partial charge in [0.2, 0.25) is 0 Å². The molecule has 2 bridgehead atoms. The minimum absolute atomic E-state index is 0.0472. The lowest BCUT2D eigenvalue weighted by Crippen LogP contribution is -2.33. The molecule has 2 saturated carbocycles. The van der Waals surface area contributed by atoms with Crippen molar-refractivity contribution >= 4 is 5.97 Å². The van der Waals surface area contributed by atoms with Crippen molar-refractivity contribution in [3.05, 3.63) is 0 Å². The number of fused-ring (bicyclic) bond motifs is 5. The lowest BCUT2D eigenvalue weighted by atomic mass is 9.74. The van der Waals surface area contributed by atoms with E-state index >= 15 is 0 Å². The van der Waals surface area contributed by atoms with Crippen LogP contribution in [0.1, 0.15) is 26.7 Å². The highest BCUT2D eigenvalue weighted by Crippen LogP contribution is 2.58. The van der Waals surface area contributed by atoms with Crippen LogP contribution in [-0.2, 0) is 9.53 Å². The Bertz CT molecular complexity index is 237. The van der Waals surface area contributed by atoms with Gasteiger partial charge in [0.15, 0.2) is 0 Å². The molecule has 2 aliphatic carbocycles. The van der Waals surface area contributed by atoms with E-state index in [0.29, 0.717) is 24.4 Å².